The first kappa shape index (κ1) is 36.2. The topological polar surface area (TPSA) is 0 Å². The van der Waals surface area contributed by atoms with Crippen LogP contribution in [-0.2, 0) is 11.1 Å². The van der Waals surface area contributed by atoms with Crippen LogP contribution in [0, 0.1) is 0 Å². The van der Waals surface area contributed by atoms with E-state index in [1.807, 2.05) is 0 Å². The number of hydrogen-bond acceptors (Lipinski definition) is 0. The second-order valence-electron chi connectivity index (χ2n) is 15.1. The summed E-state index contributed by atoms with van der Waals surface area (Å²) < 4.78 is 0. The molecule has 0 aliphatic heterocycles. The summed E-state index contributed by atoms with van der Waals surface area (Å²) in [7, 11) is -0.0930. The van der Waals surface area contributed by atoms with Crippen molar-refractivity contribution < 1.29 is 11.1 Å². The zero-order chi connectivity index (χ0) is 28.5. The molecule has 243 valence electrons. The van der Waals surface area contributed by atoms with Gasteiger partial charge >= 0.3 is 39.5 Å². The third kappa shape index (κ3) is 12.5. The van der Waals surface area contributed by atoms with E-state index in [0.29, 0.717) is 0 Å². The van der Waals surface area contributed by atoms with Gasteiger partial charge in [0.15, 0.2) is 0 Å². The Labute approximate surface area is 280 Å². The zero-order valence-corrected chi connectivity index (χ0v) is 33.0. The predicted molar refractivity (Wildman–Crippen MR) is 196 cm³/mol. The molecule has 0 radical (unpaired) electrons. The van der Waals surface area contributed by atoms with Crippen LogP contribution in [0.3, 0.4) is 0 Å². The van der Waals surface area contributed by atoms with Crippen molar-refractivity contribution in [3.63, 3.8) is 0 Å². The molecule has 0 unspecified atom stereocenters. The van der Waals surface area contributed by atoms with Gasteiger partial charge in [0.2, 0.25) is 0 Å². The second kappa shape index (κ2) is 22.0. The molecular weight excluding hydrogens is 713 g/mol. The molecule has 0 nitrogen and oxygen atoms in total. The van der Waals surface area contributed by atoms with Crippen LogP contribution in [0.25, 0.3) is 0 Å². The summed E-state index contributed by atoms with van der Waals surface area (Å²) in [4.78, 5) is 0. The Morgan fingerprint density at radius 1 is 0.268 bits per heavy atom. The van der Waals surface area contributed by atoms with Gasteiger partial charge < -0.3 is 0 Å². The molecule has 6 aliphatic carbocycles. The Kier molecular flexibility index (Phi) is 19.4. The van der Waals surface area contributed by atoms with Crippen LogP contribution in [0.5, 0.6) is 0 Å². The van der Waals surface area contributed by atoms with Crippen molar-refractivity contribution in [3.05, 3.63) is 0 Å². The van der Waals surface area contributed by atoms with Crippen LogP contribution in [0.15, 0.2) is 0 Å². The Morgan fingerprint density at radius 3 is 0.512 bits per heavy atom. The fraction of sp³-hybridized carbons (Fsp3) is 1.00. The summed E-state index contributed by atoms with van der Waals surface area (Å²) in [5.74, 6) is 0. The van der Waals surface area contributed by atoms with E-state index in [1.165, 1.54) is 34.0 Å². The fourth-order valence-corrected chi connectivity index (χ4v) is 21.1. The molecule has 6 rings (SSSR count). The fourth-order valence-electron chi connectivity index (χ4n) is 10.6. The average molecular weight is 782 g/mol. The van der Waals surface area contributed by atoms with Crippen molar-refractivity contribution in [2.75, 3.05) is 0 Å². The van der Waals surface area contributed by atoms with E-state index >= 15 is 0 Å². The normalized spacial score (nSPS) is 27.3. The molecule has 5 heteroatoms. The molecule has 0 heterocycles. The van der Waals surface area contributed by atoms with Gasteiger partial charge in [0, 0.05) is 15.8 Å². The summed E-state index contributed by atoms with van der Waals surface area (Å²) in [6.07, 6.45) is 47.6. The van der Waals surface area contributed by atoms with Gasteiger partial charge in [0.1, 0.15) is 0 Å². The molecule has 0 aromatic carbocycles. The molecular formula is C36H68Br2CoP2+2. The first-order valence-corrected chi connectivity index (χ1v) is 27.5. The molecule has 0 N–H and O–H groups in total. The maximum atomic E-state index is 3.03. The summed E-state index contributed by atoms with van der Waals surface area (Å²) >= 11 is 7.12. The molecule has 0 saturated heterocycles. The molecule has 6 fully saturated rings. The molecule has 0 amide bonds. The number of rotatable bonds is 6. The Morgan fingerprint density at radius 2 is 0.390 bits per heavy atom. The maximum absolute atomic E-state index is 3.03. The Bertz CT molecular complexity index is 490. The molecule has 6 aliphatic rings. The summed E-state index contributed by atoms with van der Waals surface area (Å²) in [5, 5.41) is 0. The van der Waals surface area contributed by atoms with E-state index in [4.69, 9.17) is 0 Å². The van der Waals surface area contributed by atoms with Crippen molar-refractivity contribution in [2.45, 2.75) is 227 Å². The number of hydrogen-bond donors (Lipinski definition) is 0. The van der Waals surface area contributed by atoms with Crippen molar-refractivity contribution >= 4 is 44.2 Å². The van der Waals surface area contributed by atoms with Gasteiger partial charge in [-0.05, 0) is 154 Å². The summed E-state index contributed by atoms with van der Waals surface area (Å²) in [6.45, 7) is 0. The third-order valence-corrected chi connectivity index (χ3v) is 21.6. The molecule has 0 aromatic rings. The van der Waals surface area contributed by atoms with E-state index in [-0.39, 0.29) is 15.8 Å². The van der Waals surface area contributed by atoms with E-state index in [9.17, 15) is 0 Å². The van der Waals surface area contributed by atoms with Crippen LogP contribution in [0.4, 0.5) is 0 Å². The molecule has 0 bridgehead atoms. The van der Waals surface area contributed by atoms with E-state index in [0.717, 1.165) is 11.1 Å². The number of halogens is 2. The average Bonchev–Trinajstić information content (AvgIpc) is 3.05. The van der Waals surface area contributed by atoms with Gasteiger partial charge in [-0.1, -0.05) is 38.5 Å². The van der Waals surface area contributed by atoms with Gasteiger partial charge in [-0.3, -0.25) is 0 Å². The summed E-state index contributed by atoms with van der Waals surface area (Å²) in [5.41, 5.74) is 7.36. The van der Waals surface area contributed by atoms with Gasteiger partial charge in [-0.25, -0.2) is 0 Å². The van der Waals surface area contributed by atoms with Crippen molar-refractivity contribution in [1.82, 2.24) is 0 Å². The SMILES string of the molecule is C1CCC([PH+](C2CCCCC2)C2CCCCC2)CC1.C1CCC([PH+](C2CCCCC2)C2CCCCC2)CC1.[Br][Co][Br]. The molecule has 0 atom stereocenters. The monoisotopic (exact) mass is 779 g/mol. The molecule has 6 saturated carbocycles. The van der Waals surface area contributed by atoms with Crippen molar-refractivity contribution in [1.29, 1.82) is 0 Å². The van der Waals surface area contributed by atoms with Crippen molar-refractivity contribution in [2.24, 2.45) is 0 Å². The molecule has 0 aromatic heterocycles. The Balaban J connectivity index is 0.000000173. The van der Waals surface area contributed by atoms with E-state index < -0.39 is 0 Å². The zero-order valence-electron chi connectivity index (χ0n) is 26.8. The van der Waals surface area contributed by atoms with Gasteiger partial charge in [0.25, 0.3) is 0 Å². The minimum atomic E-state index is -0.0465. The van der Waals surface area contributed by atoms with Crippen molar-refractivity contribution in [3.8, 4) is 0 Å². The summed E-state index contributed by atoms with van der Waals surface area (Å²) in [6, 6.07) is 0. The third-order valence-electron chi connectivity index (χ3n) is 12.5. The second-order valence-corrected chi connectivity index (χ2v) is 27.2. The van der Waals surface area contributed by atoms with E-state index in [1.54, 1.807) is 193 Å². The first-order chi connectivity index (χ1) is 20.3. The first-order valence-electron chi connectivity index (χ1n) is 18.9. The van der Waals surface area contributed by atoms with Crippen LogP contribution < -0.4 is 0 Å². The molecule has 41 heavy (non-hydrogen) atoms. The Hall–Kier alpha value is 2.33. The van der Waals surface area contributed by atoms with Gasteiger partial charge in [-0.15, -0.1) is 0 Å². The van der Waals surface area contributed by atoms with Gasteiger partial charge in [-0.2, -0.15) is 0 Å². The quantitative estimate of drug-likeness (QED) is 0.236. The van der Waals surface area contributed by atoms with Crippen LogP contribution in [-0.4, -0.2) is 34.0 Å². The van der Waals surface area contributed by atoms with Crippen LogP contribution in [0.1, 0.15) is 193 Å². The van der Waals surface area contributed by atoms with Gasteiger partial charge in [0.05, 0.1) is 34.0 Å². The molecule has 0 spiro atoms. The van der Waals surface area contributed by atoms with E-state index in [2.05, 4.69) is 28.3 Å². The van der Waals surface area contributed by atoms with Crippen LogP contribution in [0.2, 0.25) is 0 Å². The minimum absolute atomic E-state index is 0.0465. The standard InChI is InChI=1S/2C18H33P.2BrH.Co/c2*1-4-10-16(11-5-1)19(17-12-6-2-7-13-17)18-14-8-3-9-15-18;;;/h2*16-18H,1-15H2;2*1H;/q;;;;+2. The predicted octanol–water partition coefficient (Wildman–Crippen LogP) is 14.1. The van der Waals surface area contributed by atoms with Crippen LogP contribution >= 0.6 is 44.2 Å².